The average molecular weight is 364 g/mol. The van der Waals surface area contributed by atoms with Crippen LogP contribution >= 0.6 is 0 Å². The summed E-state index contributed by atoms with van der Waals surface area (Å²) in [5, 5.41) is 56.3. The SMILES string of the molecule is CC(C)(O)C(C)(C)OB(O)c1c(F)c(B(O)O)c(F)c(B(O)O)c1F. The molecule has 0 atom stereocenters. The zero-order valence-electron chi connectivity index (χ0n) is 14.0. The Hall–Kier alpha value is -1.08. The maximum atomic E-state index is 14.3. The fourth-order valence-electron chi connectivity index (χ4n) is 1.88. The van der Waals surface area contributed by atoms with Gasteiger partial charge in [0.15, 0.2) is 0 Å². The standard InChI is InChI=1S/C12H18B3F3O7/c1-11(2,19)12(3,4)25-15(24)7-9(17)5(13(20)21)8(16)6(10(7)18)14(22)23/h19-24H,1-4H3. The summed E-state index contributed by atoms with van der Waals surface area (Å²) in [4.78, 5) is 0. The maximum absolute atomic E-state index is 14.3. The second-order valence-electron chi connectivity index (χ2n) is 6.47. The van der Waals surface area contributed by atoms with Gasteiger partial charge in [-0.05, 0) is 27.7 Å². The van der Waals surface area contributed by atoms with Crippen LogP contribution in [0.25, 0.3) is 0 Å². The summed E-state index contributed by atoms with van der Waals surface area (Å²) >= 11 is 0. The van der Waals surface area contributed by atoms with Crippen LogP contribution in [0, 0.1) is 17.5 Å². The Morgan fingerprint density at radius 1 is 0.720 bits per heavy atom. The average Bonchev–Trinajstić information content (AvgIpc) is 2.34. The molecule has 0 aliphatic carbocycles. The molecule has 1 aromatic carbocycles. The van der Waals surface area contributed by atoms with Crippen LogP contribution in [-0.4, -0.2) is 62.8 Å². The molecule has 0 heterocycles. The molecule has 1 rings (SSSR count). The van der Waals surface area contributed by atoms with Gasteiger partial charge in [0.1, 0.15) is 17.5 Å². The highest BCUT2D eigenvalue weighted by Crippen LogP contribution is 2.25. The lowest BCUT2D eigenvalue weighted by Crippen LogP contribution is -2.58. The van der Waals surface area contributed by atoms with Crippen molar-refractivity contribution in [2.24, 2.45) is 0 Å². The third-order valence-electron chi connectivity index (χ3n) is 4.06. The van der Waals surface area contributed by atoms with Crippen LogP contribution in [0.3, 0.4) is 0 Å². The first kappa shape index (κ1) is 22.0. The Labute approximate surface area is 143 Å². The Morgan fingerprint density at radius 3 is 1.32 bits per heavy atom. The van der Waals surface area contributed by atoms with E-state index in [1.807, 2.05) is 0 Å². The van der Waals surface area contributed by atoms with Crippen molar-refractivity contribution in [2.75, 3.05) is 0 Å². The molecule has 138 valence electrons. The van der Waals surface area contributed by atoms with Gasteiger partial charge in [-0.3, -0.25) is 0 Å². The van der Waals surface area contributed by atoms with Gasteiger partial charge in [-0.1, -0.05) is 0 Å². The highest BCUT2D eigenvalue weighted by molar-refractivity contribution is 6.67. The van der Waals surface area contributed by atoms with Crippen LogP contribution in [0.1, 0.15) is 27.7 Å². The number of hydrogen-bond donors (Lipinski definition) is 6. The van der Waals surface area contributed by atoms with E-state index in [-0.39, 0.29) is 0 Å². The molecule has 0 aromatic heterocycles. The summed E-state index contributed by atoms with van der Waals surface area (Å²) in [7, 11) is -7.98. The Bertz CT molecular complexity index is 615. The fourth-order valence-corrected chi connectivity index (χ4v) is 1.88. The van der Waals surface area contributed by atoms with Gasteiger partial charge in [-0.2, -0.15) is 0 Å². The van der Waals surface area contributed by atoms with Crippen molar-refractivity contribution in [1.29, 1.82) is 0 Å². The molecule has 13 heteroatoms. The molecule has 0 fully saturated rings. The van der Waals surface area contributed by atoms with Crippen molar-refractivity contribution in [3.05, 3.63) is 17.5 Å². The third kappa shape index (κ3) is 4.19. The lowest BCUT2D eigenvalue weighted by atomic mass is 9.64. The molecule has 0 unspecified atom stereocenters. The second-order valence-corrected chi connectivity index (χ2v) is 6.47. The summed E-state index contributed by atoms with van der Waals surface area (Å²) in [6.45, 7) is 5.17. The van der Waals surface area contributed by atoms with Gasteiger partial charge >= 0.3 is 21.4 Å². The van der Waals surface area contributed by atoms with E-state index in [0.717, 1.165) is 0 Å². The highest BCUT2D eigenvalue weighted by Gasteiger charge is 2.44. The van der Waals surface area contributed by atoms with E-state index < -0.39 is 66.4 Å². The number of benzene rings is 1. The summed E-state index contributed by atoms with van der Waals surface area (Å²) in [5.74, 6) is -5.69. The van der Waals surface area contributed by atoms with Gasteiger partial charge in [0.05, 0.1) is 27.6 Å². The minimum atomic E-state index is -2.77. The summed E-state index contributed by atoms with van der Waals surface area (Å²) in [5.41, 5.74) is -7.51. The van der Waals surface area contributed by atoms with Crippen molar-refractivity contribution in [3.63, 3.8) is 0 Å². The van der Waals surface area contributed by atoms with Crippen molar-refractivity contribution in [3.8, 4) is 0 Å². The number of aliphatic hydroxyl groups is 1. The molecular formula is C12H18B3F3O7. The van der Waals surface area contributed by atoms with Crippen molar-refractivity contribution >= 4 is 37.7 Å². The van der Waals surface area contributed by atoms with E-state index in [9.17, 15) is 23.3 Å². The van der Waals surface area contributed by atoms with Crippen LogP contribution in [-0.2, 0) is 4.65 Å². The van der Waals surface area contributed by atoms with Crippen LogP contribution in [0.2, 0.25) is 0 Å². The van der Waals surface area contributed by atoms with Gasteiger partial charge in [-0.25, -0.2) is 13.2 Å². The first-order chi connectivity index (χ1) is 11.1. The van der Waals surface area contributed by atoms with Gasteiger partial charge in [0.25, 0.3) is 0 Å². The van der Waals surface area contributed by atoms with Crippen LogP contribution in [0.5, 0.6) is 0 Å². The number of hydrogen-bond acceptors (Lipinski definition) is 7. The molecule has 0 amide bonds. The van der Waals surface area contributed by atoms with E-state index in [0.29, 0.717) is 0 Å². The molecule has 0 saturated carbocycles. The quantitative estimate of drug-likeness (QED) is 0.292. The molecule has 25 heavy (non-hydrogen) atoms. The molecule has 0 saturated heterocycles. The van der Waals surface area contributed by atoms with Gasteiger partial charge in [0, 0.05) is 0 Å². The first-order valence-electron chi connectivity index (χ1n) is 7.14. The normalized spacial score (nSPS) is 12.4. The minimum absolute atomic E-state index is 1.29. The zero-order chi connectivity index (χ0) is 19.9. The topological polar surface area (TPSA) is 131 Å². The molecule has 0 aliphatic heterocycles. The predicted molar refractivity (Wildman–Crippen MR) is 85.0 cm³/mol. The van der Waals surface area contributed by atoms with Crippen LogP contribution in [0.15, 0.2) is 0 Å². The molecule has 0 spiro atoms. The largest absolute Gasteiger partial charge is 0.497 e. The highest BCUT2D eigenvalue weighted by atomic mass is 19.1. The Balaban J connectivity index is 3.59. The predicted octanol–water partition coefficient (Wildman–Crippen LogP) is -3.28. The Morgan fingerprint density at radius 2 is 1.04 bits per heavy atom. The van der Waals surface area contributed by atoms with E-state index in [1.165, 1.54) is 27.7 Å². The molecule has 6 N–H and O–H groups in total. The van der Waals surface area contributed by atoms with E-state index in [2.05, 4.69) is 0 Å². The second kappa shape index (κ2) is 7.27. The van der Waals surface area contributed by atoms with Crippen molar-refractivity contribution < 1.29 is 48.1 Å². The van der Waals surface area contributed by atoms with Gasteiger partial charge < -0.3 is 34.9 Å². The maximum Gasteiger partial charge on any atom is 0.497 e. The number of halogens is 3. The molecule has 0 aliphatic rings. The molecule has 7 nitrogen and oxygen atoms in total. The summed E-state index contributed by atoms with van der Waals surface area (Å²) in [6, 6.07) is 0. The lowest BCUT2D eigenvalue weighted by molar-refractivity contribution is -0.0983. The molecular weight excluding hydrogens is 346 g/mol. The van der Waals surface area contributed by atoms with E-state index in [4.69, 9.17) is 24.8 Å². The fraction of sp³-hybridized carbons (Fsp3) is 0.500. The molecule has 0 bridgehead atoms. The van der Waals surface area contributed by atoms with E-state index >= 15 is 0 Å². The lowest BCUT2D eigenvalue weighted by Gasteiger charge is -2.38. The smallest absolute Gasteiger partial charge is 0.423 e. The Kier molecular flexibility index (Phi) is 6.39. The van der Waals surface area contributed by atoms with Crippen molar-refractivity contribution in [1.82, 2.24) is 0 Å². The van der Waals surface area contributed by atoms with Crippen LogP contribution < -0.4 is 16.4 Å². The minimum Gasteiger partial charge on any atom is -0.423 e. The molecule has 0 radical (unpaired) electrons. The van der Waals surface area contributed by atoms with Crippen LogP contribution in [0.4, 0.5) is 13.2 Å². The number of rotatable bonds is 6. The third-order valence-corrected chi connectivity index (χ3v) is 4.06. The first-order valence-corrected chi connectivity index (χ1v) is 7.14. The van der Waals surface area contributed by atoms with Gasteiger partial charge in [0.2, 0.25) is 0 Å². The van der Waals surface area contributed by atoms with Gasteiger partial charge in [-0.15, -0.1) is 0 Å². The van der Waals surface area contributed by atoms with E-state index in [1.54, 1.807) is 0 Å². The monoisotopic (exact) mass is 364 g/mol. The summed E-state index contributed by atoms with van der Waals surface area (Å²) < 4.78 is 47.7. The van der Waals surface area contributed by atoms with Crippen molar-refractivity contribution in [2.45, 2.75) is 38.9 Å². The molecule has 1 aromatic rings. The zero-order valence-corrected chi connectivity index (χ0v) is 14.0. The summed E-state index contributed by atoms with van der Waals surface area (Å²) in [6.07, 6.45) is 0.